The normalized spacial score (nSPS) is 10.9. The van der Waals surface area contributed by atoms with Gasteiger partial charge in [-0.05, 0) is 25.7 Å². The number of rotatable bonds is 0. The number of hydrogen-bond donors (Lipinski definition) is 0. The van der Waals surface area contributed by atoms with Crippen LogP contribution in [0.25, 0.3) is 0 Å². The largest absolute Gasteiger partial charge is 3.00 e. The van der Waals surface area contributed by atoms with Gasteiger partial charge in [-0.1, -0.05) is 0 Å². The molecule has 0 saturated carbocycles. The zero-order valence-corrected chi connectivity index (χ0v) is 57.1. The van der Waals surface area contributed by atoms with Crippen molar-refractivity contribution in [3.63, 3.8) is 0 Å². The number of aromatic nitrogens is 20. The molecular weight excluding hydrogens is 1410 g/mol. The predicted octanol–water partition coefficient (Wildman–Crippen LogP) is -13.4. The van der Waals surface area contributed by atoms with Crippen LogP contribution in [0.15, 0.2) is 187 Å². The van der Waals surface area contributed by atoms with Crippen molar-refractivity contribution >= 4 is 0 Å². The van der Waals surface area contributed by atoms with E-state index < -0.39 is 41.0 Å². The molecule has 10 aromatic heterocycles. The maximum absolute atomic E-state index is 8.49. The van der Waals surface area contributed by atoms with Crippen LogP contribution in [0.5, 0.6) is 0 Å². The second-order valence-corrected chi connectivity index (χ2v) is 19.5. The predicted molar refractivity (Wildman–Crippen MR) is 273 cm³/mol. The van der Waals surface area contributed by atoms with E-state index in [-0.39, 0.29) is 39.6 Å². The summed E-state index contributed by atoms with van der Waals surface area (Å²) in [6.45, 7) is 4.00. The number of ether oxygens (including phenoxy) is 2. The van der Waals surface area contributed by atoms with E-state index in [1.807, 2.05) is 178 Å². The van der Waals surface area contributed by atoms with Crippen molar-refractivity contribution in [3.8, 4) is 0 Å². The van der Waals surface area contributed by atoms with Crippen LogP contribution in [-0.2, 0) is 120 Å². The Labute approximate surface area is 566 Å². The Morgan fingerprint density at radius 3 is 0.333 bits per heavy atom. The summed E-state index contributed by atoms with van der Waals surface area (Å²) in [5.74, 6) is 0. The van der Waals surface area contributed by atoms with Gasteiger partial charge in [0.05, 0.1) is 63.3 Å². The summed E-state index contributed by atoms with van der Waals surface area (Å²) in [4.78, 5) is 37.8. The third kappa shape index (κ3) is 110. The third-order valence-corrected chi connectivity index (χ3v) is 8.02. The van der Waals surface area contributed by atoms with E-state index in [1.54, 1.807) is 125 Å². The van der Waals surface area contributed by atoms with Crippen LogP contribution in [-0.4, -0.2) is 122 Å². The molecule has 0 amide bonds. The molecule has 2 fully saturated rings. The Bertz CT molecular complexity index is 2200. The van der Waals surface area contributed by atoms with E-state index in [0.29, 0.717) is 0 Å². The zero-order valence-electron chi connectivity index (χ0n) is 51.9. The standard InChI is InChI=1S/10C4H6N2.2C4H8O.4ClHO4.2Fe.O/c10*1-6-3-2-5-4-6;2*1-2-4-5-3-1;4*2-1(3,4)5;;;/h10*2-4H,1H3;2*1-4H2;4*(H,2,3,4,5);;;/q;;;;;;;;;;;;;;;;2*+3;-2/p-4. The molecule has 526 valence electrons. The van der Waals surface area contributed by atoms with E-state index in [1.165, 1.54) is 25.7 Å². The van der Waals surface area contributed by atoms with Crippen molar-refractivity contribution in [1.29, 1.82) is 0 Å². The maximum Gasteiger partial charge on any atom is 3.00 e. The van der Waals surface area contributed by atoms with Gasteiger partial charge in [0, 0.05) is 221 Å². The molecule has 2 saturated heterocycles. The number of halogens is 4. The molecule has 93 heavy (non-hydrogen) atoms. The monoisotopic (exact) mass is 1490 g/mol. The zero-order chi connectivity index (χ0) is 69.1. The van der Waals surface area contributed by atoms with E-state index in [2.05, 4.69) is 49.8 Å². The number of aryl methyl sites for hydroxylation is 10. The Morgan fingerprint density at radius 1 is 0.226 bits per heavy atom. The van der Waals surface area contributed by atoms with Crippen LogP contribution in [0, 0.1) is 41.0 Å². The molecular formula is C48H76Cl4Fe2N20O19. The first-order valence-electron chi connectivity index (χ1n) is 24.8. The van der Waals surface area contributed by atoms with Crippen LogP contribution in [0.3, 0.4) is 0 Å². The molecule has 0 N–H and O–H groups in total. The van der Waals surface area contributed by atoms with Gasteiger partial charge in [0.25, 0.3) is 0 Å². The van der Waals surface area contributed by atoms with E-state index in [0.717, 1.165) is 26.4 Å². The SMILES string of the molecule is C1CCOC1.C1CCOC1.Cn1ccnc1.Cn1ccnc1.Cn1ccnc1.Cn1ccnc1.Cn1ccnc1.Cn1ccnc1.Cn1ccnc1.Cn1ccnc1.Cn1ccnc1.Cn1ccnc1.[Fe+3].[Fe+3].[O-2].[O-][Cl+3]([O-])([O-])[O-].[O-][Cl+3]([O-])([O-])[O-].[O-][Cl+3]([O-])([O-])[O-].[O-][Cl+3]([O-])([O-])[O-]. The van der Waals surface area contributed by atoms with Crippen LogP contribution in [0.1, 0.15) is 25.7 Å². The first kappa shape index (κ1) is 100. The number of hydrogen-bond acceptors (Lipinski definition) is 28. The summed E-state index contributed by atoms with van der Waals surface area (Å²) in [7, 11) is -0.403. The molecule has 0 aliphatic carbocycles. The molecule has 0 unspecified atom stereocenters. The molecule has 2 aliphatic heterocycles. The van der Waals surface area contributed by atoms with Crippen LogP contribution in [0.2, 0.25) is 0 Å². The van der Waals surface area contributed by atoms with Crippen molar-refractivity contribution in [2.75, 3.05) is 26.4 Å². The van der Waals surface area contributed by atoms with Crippen molar-refractivity contribution in [3.05, 3.63) is 187 Å². The van der Waals surface area contributed by atoms with Crippen LogP contribution < -0.4 is 74.5 Å². The fourth-order valence-electron chi connectivity index (χ4n) is 4.28. The summed E-state index contributed by atoms with van der Waals surface area (Å²) in [5, 5.41) is 0. The van der Waals surface area contributed by atoms with Gasteiger partial charge in [0.15, 0.2) is 0 Å². The summed E-state index contributed by atoms with van der Waals surface area (Å²) in [6, 6.07) is 0. The Balaban J connectivity index is -0.000000169. The van der Waals surface area contributed by atoms with Crippen molar-refractivity contribution in [2.24, 2.45) is 70.5 Å². The van der Waals surface area contributed by atoms with Gasteiger partial charge < -0.3 is 60.6 Å². The molecule has 0 bridgehead atoms. The summed E-state index contributed by atoms with van der Waals surface area (Å²) in [6.07, 6.45) is 59.0. The van der Waals surface area contributed by atoms with Crippen molar-refractivity contribution < 1.29 is 165 Å². The minimum absolute atomic E-state index is 0. The molecule has 2 aliphatic rings. The smallest absolute Gasteiger partial charge is 2.00 e. The van der Waals surface area contributed by atoms with Gasteiger partial charge >= 0.3 is 34.1 Å². The number of nitrogens with zero attached hydrogens (tertiary/aromatic N) is 20. The summed E-state index contributed by atoms with van der Waals surface area (Å²) < 4.78 is 165. The van der Waals surface area contributed by atoms with Crippen LogP contribution in [0.4, 0.5) is 0 Å². The molecule has 12 rings (SSSR count). The summed E-state index contributed by atoms with van der Waals surface area (Å²) in [5.41, 5.74) is 0. The van der Waals surface area contributed by atoms with Gasteiger partial charge in [-0.15, -0.1) is 41.0 Å². The second-order valence-electron chi connectivity index (χ2n) is 16.4. The van der Waals surface area contributed by atoms with Crippen molar-refractivity contribution in [2.45, 2.75) is 25.7 Å². The molecule has 39 nitrogen and oxygen atoms in total. The molecule has 0 atom stereocenters. The Hall–Kier alpha value is -6.46. The fourth-order valence-corrected chi connectivity index (χ4v) is 4.28. The van der Waals surface area contributed by atoms with Gasteiger partial charge in [-0.25, -0.2) is 124 Å². The minimum atomic E-state index is -4.94. The maximum atomic E-state index is 8.49. The Morgan fingerprint density at radius 2 is 0.312 bits per heavy atom. The molecule has 12 heterocycles. The molecule has 0 spiro atoms. The quantitative estimate of drug-likeness (QED) is 0.127. The number of imidazole rings is 10. The van der Waals surface area contributed by atoms with Gasteiger partial charge in [0.2, 0.25) is 0 Å². The Kier molecular flexibility index (Phi) is 69.2. The van der Waals surface area contributed by atoms with E-state index in [4.69, 9.17) is 84.0 Å². The van der Waals surface area contributed by atoms with Gasteiger partial charge in [-0.2, -0.15) is 0 Å². The molecule has 0 aromatic carbocycles. The van der Waals surface area contributed by atoms with E-state index in [9.17, 15) is 0 Å². The fraction of sp³-hybridized carbons (Fsp3) is 0.375. The second kappa shape index (κ2) is 64.3. The molecule has 10 aromatic rings. The van der Waals surface area contributed by atoms with Crippen LogP contribution >= 0.6 is 0 Å². The first-order chi connectivity index (χ1) is 41.9. The van der Waals surface area contributed by atoms with Gasteiger partial charge in [0.1, 0.15) is 0 Å². The molecule has 45 heteroatoms. The average Bonchev–Trinajstić information content (AvgIpc) is 4.37. The first-order valence-corrected chi connectivity index (χ1v) is 29.7. The van der Waals surface area contributed by atoms with Crippen molar-refractivity contribution in [1.82, 2.24) is 95.5 Å². The summed E-state index contributed by atoms with van der Waals surface area (Å²) >= 11 is 0. The van der Waals surface area contributed by atoms with E-state index >= 15 is 0 Å². The van der Waals surface area contributed by atoms with Gasteiger partial charge in [-0.3, -0.25) is 0 Å². The average molecular weight is 1490 g/mol. The minimum Gasteiger partial charge on any atom is -2.00 e. The third-order valence-electron chi connectivity index (χ3n) is 8.02. The molecule has 2 radical (unpaired) electrons. The topological polar surface area (TPSA) is 594 Å².